The SMILES string of the molecule is O=C1CC[C@H]([N+](=O)[O-])[C@H](c2cccnc2)N1. The number of hydrogen-bond donors (Lipinski definition) is 1. The third-order valence-corrected chi connectivity index (χ3v) is 2.68. The largest absolute Gasteiger partial charge is 0.343 e. The van der Waals surface area contributed by atoms with Crippen LogP contribution in [0.4, 0.5) is 0 Å². The van der Waals surface area contributed by atoms with Gasteiger partial charge in [-0.2, -0.15) is 0 Å². The summed E-state index contributed by atoms with van der Waals surface area (Å²) < 4.78 is 0. The molecular formula is C10H11N3O3. The molecule has 16 heavy (non-hydrogen) atoms. The van der Waals surface area contributed by atoms with E-state index in [-0.39, 0.29) is 23.7 Å². The van der Waals surface area contributed by atoms with E-state index in [9.17, 15) is 14.9 Å². The second kappa shape index (κ2) is 4.26. The molecule has 1 aromatic rings. The monoisotopic (exact) mass is 221 g/mol. The van der Waals surface area contributed by atoms with Gasteiger partial charge >= 0.3 is 0 Å². The molecule has 1 fully saturated rings. The Hall–Kier alpha value is -1.98. The highest BCUT2D eigenvalue weighted by Crippen LogP contribution is 2.25. The summed E-state index contributed by atoms with van der Waals surface area (Å²) in [6.07, 6.45) is 3.63. The zero-order chi connectivity index (χ0) is 11.5. The Morgan fingerprint density at radius 2 is 2.38 bits per heavy atom. The molecule has 1 amide bonds. The van der Waals surface area contributed by atoms with E-state index < -0.39 is 12.1 Å². The number of aromatic nitrogens is 1. The standard InChI is InChI=1S/C10H11N3O3/c14-9-4-3-8(13(15)16)10(12-9)7-2-1-5-11-6-7/h1-2,5-6,8,10H,3-4H2,(H,12,14)/t8-,10-/m0/s1. The Labute approximate surface area is 91.8 Å². The lowest BCUT2D eigenvalue weighted by atomic mass is 9.93. The van der Waals surface area contributed by atoms with E-state index in [0.29, 0.717) is 5.56 Å². The molecule has 6 heteroatoms. The van der Waals surface area contributed by atoms with E-state index in [1.807, 2.05) is 0 Å². The lowest BCUT2D eigenvalue weighted by molar-refractivity contribution is -0.529. The maximum atomic E-state index is 11.3. The van der Waals surface area contributed by atoms with Gasteiger partial charge in [-0.25, -0.2) is 0 Å². The van der Waals surface area contributed by atoms with Crippen molar-refractivity contribution in [2.75, 3.05) is 0 Å². The van der Waals surface area contributed by atoms with Crippen LogP contribution in [0.3, 0.4) is 0 Å². The molecule has 2 rings (SSSR count). The Bertz CT molecular complexity index is 407. The number of carbonyl (C=O) groups excluding carboxylic acids is 1. The molecule has 0 unspecified atom stereocenters. The molecule has 2 atom stereocenters. The van der Waals surface area contributed by atoms with Crippen LogP contribution in [0.25, 0.3) is 0 Å². The Morgan fingerprint density at radius 1 is 1.56 bits per heavy atom. The molecule has 2 heterocycles. The summed E-state index contributed by atoms with van der Waals surface area (Å²) in [6, 6.07) is 2.11. The molecule has 1 N–H and O–H groups in total. The molecular weight excluding hydrogens is 210 g/mol. The first kappa shape index (κ1) is 10.5. The van der Waals surface area contributed by atoms with Crippen LogP contribution in [0.5, 0.6) is 0 Å². The summed E-state index contributed by atoms with van der Waals surface area (Å²) in [5.41, 5.74) is 0.678. The van der Waals surface area contributed by atoms with Gasteiger partial charge in [-0.05, 0) is 11.6 Å². The predicted octanol–water partition coefficient (Wildman–Crippen LogP) is 0.678. The first-order valence-corrected chi connectivity index (χ1v) is 5.01. The van der Waals surface area contributed by atoms with Crippen LogP contribution in [0.2, 0.25) is 0 Å². The van der Waals surface area contributed by atoms with Gasteiger partial charge in [0.15, 0.2) is 0 Å². The molecule has 0 aliphatic carbocycles. The molecule has 1 aliphatic heterocycles. The van der Waals surface area contributed by atoms with Gasteiger partial charge in [-0.1, -0.05) is 6.07 Å². The number of nitro groups is 1. The minimum atomic E-state index is -0.762. The average Bonchev–Trinajstić information content (AvgIpc) is 2.29. The summed E-state index contributed by atoms with van der Waals surface area (Å²) >= 11 is 0. The van der Waals surface area contributed by atoms with Crippen molar-refractivity contribution in [3.05, 3.63) is 40.2 Å². The van der Waals surface area contributed by atoms with E-state index in [0.717, 1.165) is 0 Å². The van der Waals surface area contributed by atoms with Gasteiger partial charge in [-0.3, -0.25) is 19.9 Å². The number of carbonyl (C=O) groups is 1. The van der Waals surface area contributed by atoms with Crippen LogP contribution in [0, 0.1) is 10.1 Å². The molecule has 0 aromatic carbocycles. The van der Waals surface area contributed by atoms with Crippen molar-refractivity contribution in [2.45, 2.75) is 24.9 Å². The minimum Gasteiger partial charge on any atom is -0.343 e. The summed E-state index contributed by atoms with van der Waals surface area (Å²) in [5.74, 6) is -0.146. The van der Waals surface area contributed by atoms with Crippen molar-refractivity contribution in [1.29, 1.82) is 0 Å². The molecule has 1 aliphatic rings. The zero-order valence-corrected chi connectivity index (χ0v) is 8.50. The van der Waals surface area contributed by atoms with Gasteiger partial charge in [-0.15, -0.1) is 0 Å². The van der Waals surface area contributed by atoms with Crippen LogP contribution in [-0.4, -0.2) is 21.9 Å². The molecule has 0 radical (unpaired) electrons. The molecule has 0 saturated carbocycles. The van der Waals surface area contributed by atoms with Crippen LogP contribution < -0.4 is 5.32 Å². The van der Waals surface area contributed by atoms with E-state index in [1.54, 1.807) is 24.5 Å². The van der Waals surface area contributed by atoms with Gasteiger partial charge in [0, 0.05) is 30.2 Å². The third kappa shape index (κ3) is 2.00. The van der Waals surface area contributed by atoms with Crippen LogP contribution in [0.1, 0.15) is 24.4 Å². The molecule has 84 valence electrons. The summed E-state index contributed by atoms with van der Waals surface area (Å²) in [6.45, 7) is 0. The summed E-state index contributed by atoms with van der Waals surface area (Å²) in [7, 11) is 0. The second-order valence-corrected chi connectivity index (χ2v) is 3.72. The number of nitrogens with one attached hydrogen (secondary N) is 1. The van der Waals surface area contributed by atoms with E-state index in [2.05, 4.69) is 10.3 Å². The number of nitrogens with zero attached hydrogens (tertiary/aromatic N) is 2. The van der Waals surface area contributed by atoms with Crippen LogP contribution in [-0.2, 0) is 4.79 Å². The summed E-state index contributed by atoms with van der Waals surface area (Å²) in [4.78, 5) is 25.7. The minimum absolute atomic E-state index is 0.146. The number of hydrogen-bond acceptors (Lipinski definition) is 4. The highest BCUT2D eigenvalue weighted by Gasteiger charge is 2.38. The number of piperidine rings is 1. The van der Waals surface area contributed by atoms with Crippen LogP contribution >= 0.6 is 0 Å². The van der Waals surface area contributed by atoms with Gasteiger partial charge < -0.3 is 5.32 Å². The first-order valence-electron chi connectivity index (χ1n) is 5.01. The lowest BCUT2D eigenvalue weighted by Crippen LogP contribution is -2.45. The Morgan fingerprint density at radius 3 is 3.00 bits per heavy atom. The fraction of sp³-hybridized carbons (Fsp3) is 0.400. The normalized spacial score (nSPS) is 24.9. The van der Waals surface area contributed by atoms with Gasteiger partial charge in [0.05, 0.1) is 0 Å². The number of pyridine rings is 1. The first-order chi connectivity index (χ1) is 7.68. The van der Waals surface area contributed by atoms with Crippen LogP contribution in [0.15, 0.2) is 24.5 Å². The molecule has 0 spiro atoms. The maximum absolute atomic E-state index is 11.3. The van der Waals surface area contributed by atoms with Crippen molar-refractivity contribution in [3.63, 3.8) is 0 Å². The highest BCUT2D eigenvalue weighted by atomic mass is 16.6. The van der Waals surface area contributed by atoms with Gasteiger partial charge in [0.2, 0.25) is 11.9 Å². The highest BCUT2D eigenvalue weighted by molar-refractivity contribution is 5.77. The van der Waals surface area contributed by atoms with E-state index in [4.69, 9.17) is 0 Å². The maximum Gasteiger partial charge on any atom is 0.237 e. The molecule has 1 saturated heterocycles. The van der Waals surface area contributed by atoms with Crippen molar-refractivity contribution < 1.29 is 9.72 Å². The second-order valence-electron chi connectivity index (χ2n) is 3.72. The lowest BCUT2D eigenvalue weighted by Gasteiger charge is -2.26. The van der Waals surface area contributed by atoms with Crippen molar-refractivity contribution >= 4 is 5.91 Å². The van der Waals surface area contributed by atoms with E-state index in [1.165, 1.54) is 0 Å². The van der Waals surface area contributed by atoms with Gasteiger partial charge in [0.1, 0.15) is 6.04 Å². The van der Waals surface area contributed by atoms with Gasteiger partial charge in [0.25, 0.3) is 0 Å². The van der Waals surface area contributed by atoms with Crippen molar-refractivity contribution in [3.8, 4) is 0 Å². The third-order valence-electron chi connectivity index (χ3n) is 2.68. The molecule has 0 bridgehead atoms. The predicted molar refractivity (Wildman–Crippen MR) is 55.1 cm³/mol. The van der Waals surface area contributed by atoms with Crippen molar-refractivity contribution in [1.82, 2.24) is 10.3 Å². The Balaban J connectivity index is 2.27. The number of amides is 1. The number of rotatable bonds is 2. The fourth-order valence-corrected chi connectivity index (χ4v) is 1.88. The topological polar surface area (TPSA) is 85.1 Å². The average molecular weight is 221 g/mol. The summed E-state index contributed by atoms with van der Waals surface area (Å²) in [5, 5.41) is 13.5. The Kier molecular flexibility index (Phi) is 2.80. The zero-order valence-electron chi connectivity index (χ0n) is 8.50. The van der Waals surface area contributed by atoms with Crippen molar-refractivity contribution in [2.24, 2.45) is 0 Å². The van der Waals surface area contributed by atoms with E-state index >= 15 is 0 Å². The smallest absolute Gasteiger partial charge is 0.237 e. The molecule has 1 aromatic heterocycles. The fourth-order valence-electron chi connectivity index (χ4n) is 1.88. The molecule has 6 nitrogen and oxygen atoms in total. The quantitative estimate of drug-likeness (QED) is 0.587.